The monoisotopic (exact) mass is 627 g/mol. The Labute approximate surface area is 223 Å². The topological polar surface area (TPSA) is 283 Å². The molecule has 3 rings (SSSR count). The Morgan fingerprint density at radius 3 is 2.49 bits per heavy atom. The molecule has 0 saturated carbocycles. The van der Waals surface area contributed by atoms with Crippen LogP contribution >= 0.6 is 26.9 Å². The summed E-state index contributed by atoms with van der Waals surface area (Å²) < 4.78 is 64.0. The number of phosphoric acid groups is 1. The molecule has 0 spiro atoms. The highest BCUT2D eigenvalue weighted by molar-refractivity contribution is 8.45. The van der Waals surface area contributed by atoms with E-state index in [-0.39, 0.29) is 0 Å². The number of aromatic nitrogens is 2. The summed E-state index contributed by atoms with van der Waals surface area (Å²) in [5, 5.41) is 49.4. The van der Waals surface area contributed by atoms with Crippen molar-refractivity contribution < 1.29 is 66.8 Å². The number of halogens is 1. The van der Waals surface area contributed by atoms with E-state index in [0.717, 1.165) is 16.8 Å². The van der Waals surface area contributed by atoms with Crippen LogP contribution < -0.4 is 17.0 Å². The van der Waals surface area contributed by atoms with Gasteiger partial charge in [0.15, 0.2) is 12.5 Å². The smallest absolute Gasteiger partial charge is 0.393 e. The van der Waals surface area contributed by atoms with E-state index in [0.29, 0.717) is 0 Å². The fourth-order valence-corrected chi connectivity index (χ4v) is 7.02. The molecule has 2 aliphatic heterocycles. The Kier molecular flexibility index (Phi) is 10.7. The van der Waals surface area contributed by atoms with Gasteiger partial charge in [-0.3, -0.25) is 23.4 Å². The minimum atomic E-state index is -5.49. The molecule has 2 saturated heterocycles. The molecule has 2 fully saturated rings. The molecule has 0 bridgehead atoms. The van der Waals surface area contributed by atoms with Crippen molar-refractivity contribution in [3.63, 3.8) is 0 Å². The molecule has 2 aliphatic rings. The maximum atomic E-state index is 13.9. The van der Waals surface area contributed by atoms with E-state index in [2.05, 4.69) is 21.1 Å². The number of rotatable bonds is 10. The Balaban J connectivity index is 1.62. The van der Waals surface area contributed by atoms with Gasteiger partial charge in [-0.1, -0.05) is 12.2 Å². The number of thiol groups is 1. The summed E-state index contributed by atoms with van der Waals surface area (Å²) in [4.78, 5) is 35.2. The molecular weight excluding hydrogens is 599 g/mol. The van der Waals surface area contributed by atoms with Gasteiger partial charge in [0.05, 0.1) is 32.0 Å². The minimum Gasteiger partial charge on any atom is -0.393 e. The lowest BCUT2D eigenvalue weighted by Crippen LogP contribution is -2.47. The van der Waals surface area contributed by atoms with Crippen LogP contribution in [0.25, 0.3) is 0 Å². The normalized spacial score (nSPS) is 37.5. The summed E-state index contributed by atoms with van der Waals surface area (Å²) >= 11 is 3.54. The van der Waals surface area contributed by atoms with Gasteiger partial charge >= 0.3 is 20.3 Å². The van der Waals surface area contributed by atoms with E-state index in [1.165, 1.54) is 0 Å². The van der Waals surface area contributed by atoms with Crippen molar-refractivity contribution in [2.24, 2.45) is 11.7 Å². The standard InChI is InChI=1S/C17H28FN3O15P2S/c18-7(3-22)6-4-32-16(14(27)13(26)11(6)24)35-37(29,30)36-38(31,39)33-5-8-12(25)10(19)15(34-8)21-2-1-9(23)20-17(21)28/h1-2,6-8,10-16,22,24-27H,3-5,19H2,(H,29,30)(H,31,39)(H,20,23,28)/t6?,7-,8+,10+,11?,12+,13?,14?,15+,16?,38?/m0/s1. The number of nitrogens with one attached hydrogen (secondary N) is 1. The summed E-state index contributed by atoms with van der Waals surface area (Å²) in [6, 6.07) is -0.233. The molecule has 0 aliphatic carbocycles. The average Bonchev–Trinajstić information content (AvgIpc) is 3.08. The Morgan fingerprint density at radius 1 is 1.21 bits per heavy atom. The van der Waals surface area contributed by atoms with Crippen molar-refractivity contribution in [3.8, 4) is 0 Å². The number of aliphatic hydroxyl groups is 5. The summed E-state index contributed by atoms with van der Waals surface area (Å²) in [7, 11) is -5.49. The number of ether oxygens (including phenoxy) is 2. The molecule has 1 aromatic heterocycles. The van der Waals surface area contributed by atoms with E-state index in [4.69, 9.17) is 24.8 Å². The number of aromatic amines is 1. The molecule has 3 heterocycles. The number of aliphatic hydroxyl groups excluding tert-OH is 5. The van der Waals surface area contributed by atoms with E-state index >= 15 is 0 Å². The Bertz CT molecular complexity index is 1210. The number of phosphoric ester groups is 1. The molecule has 224 valence electrons. The summed E-state index contributed by atoms with van der Waals surface area (Å²) in [5.74, 6) is -1.55. The van der Waals surface area contributed by atoms with Crippen molar-refractivity contribution in [1.29, 1.82) is 0 Å². The van der Waals surface area contributed by atoms with Gasteiger partial charge in [0, 0.05) is 18.2 Å². The van der Waals surface area contributed by atoms with Crippen LogP contribution in [-0.4, -0.2) is 109 Å². The van der Waals surface area contributed by atoms with Crippen molar-refractivity contribution in [2.75, 3.05) is 19.8 Å². The fourth-order valence-electron chi connectivity index (χ4n) is 3.82. The second-order valence-corrected chi connectivity index (χ2v) is 13.1. The van der Waals surface area contributed by atoms with Crippen molar-refractivity contribution in [2.45, 2.75) is 55.3 Å². The van der Waals surface area contributed by atoms with E-state index in [1.807, 2.05) is 4.98 Å². The fraction of sp³-hybridized carbons (Fsp3) is 0.765. The number of alkyl halides is 1. The van der Waals surface area contributed by atoms with Gasteiger partial charge in [-0.25, -0.2) is 18.3 Å². The number of nitrogens with zero attached hydrogens (tertiary/aromatic N) is 1. The van der Waals surface area contributed by atoms with Gasteiger partial charge in [0.2, 0.25) is 0 Å². The first-order chi connectivity index (χ1) is 18.1. The highest BCUT2D eigenvalue weighted by Gasteiger charge is 2.48. The van der Waals surface area contributed by atoms with Crippen LogP contribution in [0.2, 0.25) is 0 Å². The van der Waals surface area contributed by atoms with Crippen LogP contribution in [0.4, 0.5) is 4.39 Å². The molecule has 12 atom stereocenters. The molecule has 0 radical (unpaired) electrons. The molecule has 22 heteroatoms. The third kappa shape index (κ3) is 7.82. The van der Waals surface area contributed by atoms with Crippen molar-refractivity contribution >= 4 is 26.9 Å². The maximum absolute atomic E-state index is 13.9. The molecule has 0 amide bonds. The lowest BCUT2D eigenvalue weighted by Gasteiger charge is -2.27. The zero-order valence-electron chi connectivity index (χ0n) is 19.7. The predicted octanol–water partition coefficient (Wildman–Crippen LogP) is -3.30. The Hall–Kier alpha value is -1.06. The maximum Gasteiger partial charge on any atom is 0.482 e. The zero-order valence-corrected chi connectivity index (χ0v) is 22.3. The van der Waals surface area contributed by atoms with Gasteiger partial charge in [-0.2, -0.15) is 4.31 Å². The largest absolute Gasteiger partial charge is 0.482 e. The number of hydrogen-bond donors (Lipinski definition) is 9. The molecule has 7 unspecified atom stereocenters. The minimum absolute atomic E-state index is 0.698. The third-order valence-corrected chi connectivity index (χ3v) is 9.50. The van der Waals surface area contributed by atoms with E-state index < -0.39 is 107 Å². The SMILES string of the molecule is N[C@@H]1[C@H](O)[C@@H](COP(=O)(S)OP(=O)(O)OC2OCC([C@@H](F)CO)C(O)C(O)C2O)O[C@H]1n1ccc(=O)[nH]c1=O. The number of nitrogens with two attached hydrogens (primary N) is 1. The van der Waals surface area contributed by atoms with Gasteiger partial charge < -0.3 is 45.6 Å². The first-order valence-corrected chi connectivity index (χ1v) is 15.3. The molecule has 18 nitrogen and oxygen atoms in total. The lowest BCUT2D eigenvalue weighted by atomic mass is 9.93. The van der Waals surface area contributed by atoms with E-state index in [1.54, 1.807) is 0 Å². The van der Waals surface area contributed by atoms with Gasteiger partial charge in [0.25, 0.3) is 5.56 Å². The van der Waals surface area contributed by atoms with Crippen LogP contribution in [0.3, 0.4) is 0 Å². The first-order valence-electron chi connectivity index (χ1n) is 11.1. The van der Waals surface area contributed by atoms with Crippen LogP contribution in [0.1, 0.15) is 6.23 Å². The van der Waals surface area contributed by atoms with Crippen molar-refractivity contribution in [3.05, 3.63) is 33.1 Å². The molecular formula is C17H28FN3O15P2S. The average molecular weight is 627 g/mol. The third-order valence-electron chi connectivity index (χ3n) is 5.90. The molecule has 39 heavy (non-hydrogen) atoms. The van der Waals surface area contributed by atoms with Crippen molar-refractivity contribution in [1.82, 2.24) is 9.55 Å². The van der Waals surface area contributed by atoms with Crippen LogP contribution in [-0.2, 0) is 32.0 Å². The number of hydrogen-bond acceptors (Lipinski definition) is 15. The highest BCUT2D eigenvalue weighted by atomic mass is 32.7. The van der Waals surface area contributed by atoms with Gasteiger partial charge in [-0.15, -0.1) is 0 Å². The summed E-state index contributed by atoms with van der Waals surface area (Å²) in [6.45, 7) is -7.47. The van der Waals surface area contributed by atoms with Crippen LogP contribution in [0.15, 0.2) is 21.9 Å². The summed E-state index contributed by atoms with van der Waals surface area (Å²) in [6.07, 6.45) is -13.8. The van der Waals surface area contributed by atoms with Gasteiger partial charge in [-0.05, 0) is 0 Å². The quantitative estimate of drug-likeness (QED) is 0.0907. The van der Waals surface area contributed by atoms with E-state index in [9.17, 15) is 48.4 Å². The highest BCUT2D eigenvalue weighted by Crippen LogP contribution is 2.66. The predicted molar refractivity (Wildman–Crippen MR) is 127 cm³/mol. The second-order valence-electron chi connectivity index (χ2n) is 8.61. The first kappa shape index (κ1) is 32.5. The lowest BCUT2D eigenvalue weighted by molar-refractivity contribution is -0.173. The van der Waals surface area contributed by atoms with Gasteiger partial charge in [0.1, 0.15) is 30.6 Å². The Morgan fingerprint density at radius 2 is 1.87 bits per heavy atom. The second kappa shape index (κ2) is 12.8. The number of H-pyrrole nitrogens is 1. The molecule has 1 aromatic rings. The molecule has 9 N–H and O–H groups in total. The van der Waals surface area contributed by atoms with Crippen LogP contribution in [0.5, 0.6) is 0 Å². The van der Waals surface area contributed by atoms with Crippen LogP contribution in [0, 0.1) is 5.92 Å². The summed E-state index contributed by atoms with van der Waals surface area (Å²) in [5.41, 5.74) is 4.26. The molecule has 0 aromatic carbocycles. The zero-order chi connectivity index (χ0) is 29.3.